The average Bonchev–Trinajstić information content (AvgIpc) is 2.40. The third-order valence-corrected chi connectivity index (χ3v) is 3.16. The van der Waals surface area contributed by atoms with Gasteiger partial charge in [0.15, 0.2) is 0 Å². The minimum absolute atomic E-state index is 0.0756. The van der Waals surface area contributed by atoms with Crippen LogP contribution in [0.2, 0.25) is 0 Å². The van der Waals surface area contributed by atoms with Gasteiger partial charge in [-0.1, -0.05) is 30.3 Å². The van der Waals surface area contributed by atoms with Crippen LogP contribution in [0.3, 0.4) is 0 Å². The average molecular weight is 280 g/mol. The van der Waals surface area contributed by atoms with Crippen molar-refractivity contribution in [3.05, 3.63) is 60.2 Å². The molecule has 5 nitrogen and oxygen atoms in total. The highest BCUT2D eigenvalue weighted by Crippen LogP contribution is 2.08. The Morgan fingerprint density at radius 3 is 1.84 bits per heavy atom. The van der Waals surface area contributed by atoms with Crippen LogP contribution in [0.4, 0.5) is 5.69 Å². The van der Waals surface area contributed by atoms with Crippen molar-refractivity contribution in [2.75, 3.05) is 5.73 Å². The van der Waals surface area contributed by atoms with Crippen LogP contribution < -0.4 is 10.9 Å². The molecule has 0 spiro atoms. The maximum atomic E-state index is 10.7. The van der Waals surface area contributed by atoms with Gasteiger partial charge in [0.2, 0.25) is 10.0 Å². The van der Waals surface area contributed by atoms with E-state index in [1.807, 2.05) is 30.3 Å². The summed E-state index contributed by atoms with van der Waals surface area (Å²) < 4.78 is 21.4. The number of rotatable bonds is 2. The molecule has 0 bridgehead atoms. The topological polar surface area (TPSA) is 106 Å². The molecule has 0 saturated carbocycles. The number of primary sulfonamides is 1. The van der Waals surface area contributed by atoms with E-state index < -0.39 is 10.0 Å². The summed E-state index contributed by atoms with van der Waals surface area (Å²) >= 11 is 0. The van der Waals surface area contributed by atoms with Crippen LogP contribution in [0.15, 0.2) is 59.5 Å². The molecule has 2 aromatic rings. The van der Waals surface area contributed by atoms with E-state index in [-0.39, 0.29) is 11.5 Å². The van der Waals surface area contributed by atoms with Gasteiger partial charge in [0.25, 0.3) is 0 Å². The van der Waals surface area contributed by atoms with Crippen molar-refractivity contribution < 1.29 is 13.5 Å². The summed E-state index contributed by atoms with van der Waals surface area (Å²) in [6, 6.07) is 15.2. The number of benzene rings is 2. The van der Waals surface area contributed by atoms with E-state index in [4.69, 9.17) is 16.0 Å². The van der Waals surface area contributed by atoms with Gasteiger partial charge in [0, 0.05) is 5.69 Å². The first-order valence-electron chi connectivity index (χ1n) is 5.46. The zero-order valence-corrected chi connectivity index (χ0v) is 11.0. The van der Waals surface area contributed by atoms with E-state index >= 15 is 0 Å². The molecule has 0 aliphatic rings. The number of aliphatic hydroxyl groups excluding tert-OH is 1. The zero-order chi connectivity index (χ0) is 14.3. The Balaban J connectivity index is 0.000000200. The van der Waals surface area contributed by atoms with Gasteiger partial charge >= 0.3 is 0 Å². The van der Waals surface area contributed by atoms with Gasteiger partial charge in [0.1, 0.15) is 0 Å². The molecule has 2 rings (SSSR count). The third kappa shape index (κ3) is 5.52. The van der Waals surface area contributed by atoms with Gasteiger partial charge in [-0.15, -0.1) is 0 Å². The lowest BCUT2D eigenvalue weighted by Crippen LogP contribution is -2.11. The summed E-state index contributed by atoms with van der Waals surface area (Å²) in [7, 11) is -3.58. The number of nitrogen functional groups attached to an aromatic ring is 1. The van der Waals surface area contributed by atoms with Crippen LogP contribution in [0.25, 0.3) is 0 Å². The number of nitrogens with two attached hydrogens (primary N) is 2. The fraction of sp³-hybridized carbons (Fsp3) is 0.0769. The number of aliphatic hydroxyl groups is 1. The highest BCUT2D eigenvalue weighted by molar-refractivity contribution is 7.89. The van der Waals surface area contributed by atoms with Gasteiger partial charge in [-0.25, -0.2) is 13.6 Å². The van der Waals surface area contributed by atoms with Crippen molar-refractivity contribution in [3.8, 4) is 0 Å². The lowest BCUT2D eigenvalue weighted by Gasteiger charge is -1.96. The molecule has 19 heavy (non-hydrogen) atoms. The van der Waals surface area contributed by atoms with Crippen LogP contribution in [-0.2, 0) is 16.6 Å². The smallest absolute Gasteiger partial charge is 0.238 e. The number of hydrogen-bond donors (Lipinski definition) is 3. The van der Waals surface area contributed by atoms with Crippen LogP contribution >= 0.6 is 0 Å². The quantitative estimate of drug-likeness (QED) is 0.716. The molecule has 0 radical (unpaired) electrons. The van der Waals surface area contributed by atoms with E-state index in [9.17, 15) is 8.42 Å². The molecule has 0 aromatic heterocycles. The first-order chi connectivity index (χ1) is 8.93. The maximum absolute atomic E-state index is 10.7. The SMILES string of the molecule is Nc1ccc(S(N)(=O)=O)cc1.OCc1ccccc1. The summed E-state index contributed by atoms with van der Waals surface area (Å²) in [6.07, 6.45) is 0. The molecule has 0 heterocycles. The molecule has 5 N–H and O–H groups in total. The third-order valence-electron chi connectivity index (χ3n) is 2.23. The molecule has 2 aromatic carbocycles. The largest absolute Gasteiger partial charge is 0.399 e. The molecular weight excluding hydrogens is 264 g/mol. The lowest BCUT2D eigenvalue weighted by atomic mass is 10.2. The van der Waals surface area contributed by atoms with Gasteiger partial charge in [-0.05, 0) is 29.8 Å². The van der Waals surface area contributed by atoms with Gasteiger partial charge in [-0.2, -0.15) is 0 Å². The van der Waals surface area contributed by atoms with E-state index in [0.29, 0.717) is 5.69 Å². The number of hydrogen-bond acceptors (Lipinski definition) is 4. The van der Waals surface area contributed by atoms with Crippen molar-refractivity contribution in [1.82, 2.24) is 0 Å². The predicted octanol–water partition coefficient (Wildman–Crippen LogP) is 1.10. The zero-order valence-electron chi connectivity index (χ0n) is 10.2. The minimum atomic E-state index is -3.58. The standard InChI is InChI=1S/C7H8O.C6H8N2O2S/c8-6-7-4-2-1-3-5-7;7-5-1-3-6(4-2-5)11(8,9)10/h1-5,8H,6H2;1-4H,7H2,(H2,8,9,10). The van der Waals surface area contributed by atoms with Crippen LogP contribution in [0.5, 0.6) is 0 Å². The van der Waals surface area contributed by atoms with Gasteiger partial charge in [0.05, 0.1) is 11.5 Å². The molecule has 0 aliphatic heterocycles. The summed E-state index contributed by atoms with van der Waals surface area (Å²) in [5, 5.41) is 13.4. The van der Waals surface area contributed by atoms with Crippen LogP contribution in [-0.4, -0.2) is 13.5 Å². The first-order valence-corrected chi connectivity index (χ1v) is 7.01. The van der Waals surface area contributed by atoms with Crippen molar-refractivity contribution >= 4 is 15.7 Å². The van der Waals surface area contributed by atoms with Gasteiger partial charge < -0.3 is 10.8 Å². The summed E-state index contributed by atoms with van der Waals surface area (Å²) in [4.78, 5) is 0.0756. The summed E-state index contributed by atoms with van der Waals surface area (Å²) in [5.74, 6) is 0. The fourth-order valence-corrected chi connectivity index (χ4v) is 1.76. The predicted molar refractivity (Wildman–Crippen MR) is 74.6 cm³/mol. The maximum Gasteiger partial charge on any atom is 0.238 e. The second kappa shape index (κ2) is 6.89. The van der Waals surface area contributed by atoms with Crippen molar-refractivity contribution in [3.63, 3.8) is 0 Å². The Labute approximate surface area is 112 Å². The summed E-state index contributed by atoms with van der Waals surface area (Å²) in [6.45, 7) is 0.140. The monoisotopic (exact) mass is 280 g/mol. The number of sulfonamides is 1. The highest BCUT2D eigenvalue weighted by atomic mass is 32.2. The second-order valence-corrected chi connectivity index (χ2v) is 5.32. The highest BCUT2D eigenvalue weighted by Gasteiger charge is 2.04. The van der Waals surface area contributed by atoms with E-state index in [1.165, 1.54) is 24.3 Å². The molecule has 0 unspecified atom stereocenters. The molecular formula is C13H16N2O3S. The first kappa shape index (κ1) is 15.2. The van der Waals surface area contributed by atoms with Crippen molar-refractivity contribution in [2.45, 2.75) is 11.5 Å². The van der Waals surface area contributed by atoms with Crippen LogP contribution in [0.1, 0.15) is 5.56 Å². The minimum Gasteiger partial charge on any atom is -0.399 e. The normalized spacial score (nSPS) is 10.4. The molecule has 0 atom stereocenters. The van der Waals surface area contributed by atoms with E-state index in [1.54, 1.807) is 0 Å². The Hall–Kier alpha value is -1.89. The Bertz CT molecular complexity index is 596. The fourth-order valence-electron chi connectivity index (χ4n) is 1.24. The number of anilines is 1. The Morgan fingerprint density at radius 2 is 1.47 bits per heavy atom. The van der Waals surface area contributed by atoms with E-state index in [2.05, 4.69) is 0 Å². The van der Waals surface area contributed by atoms with Crippen molar-refractivity contribution in [1.29, 1.82) is 0 Å². The van der Waals surface area contributed by atoms with Crippen molar-refractivity contribution in [2.24, 2.45) is 5.14 Å². The molecule has 0 saturated heterocycles. The summed E-state index contributed by atoms with van der Waals surface area (Å²) in [5.41, 5.74) is 6.81. The Morgan fingerprint density at radius 1 is 0.947 bits per heavy atom. The molecule has 0 aliphatic carbocycles. The second-order valence-electron chi connectivity index (χ2n) is 3.76. The Kier molecular flexibility index (Phi) is 5.50. The molecule has 0 amide bonds. The molecule has 102 valence electrons. The lowest BCUT2D eigenvalue weighted by molar-refractivity contribution is 0.282. The molecule has 0 fully saturated rings. The van der Waals surface area contributed by atoms with E-state index in [0.717, 1.165) is 5.56 Å². The van der Waals surface area contributed by atoms with Crippen LogP contribution in [0, 0.1) is 0 Å². The van der Waals surface area contributed by atoms with Gasteiger partial charge in [-0.3, -0.25) is 0 Å². The molecule has 6 heteroatoms.